The molecule has 0 aliphatic carbocycles. The molecule has 0 unspecified atom stereocenters. The molecule has 0 radical (unpaired) electrons. The lowest BCUT2D eigenvalue weighted by molar-refractivity contribution is 0.198. The van der Waals surface area contributed by atoms with Crippen LogP contribution in [0.3, 0.4) is 0 Å². The average molecular weight is 279 g/mol. The van der Waals surface area contributed by atoms with Crippen LogP contribution in [0.4, 0.5) is 0 Å². The minimum Gasteiger partial charge on any atom is -0.297 e. The standard InChI is InChI=1S/C13H17N3S2/c1-10-15-12(9-18-10)8-16-5-2-3-11(7-16)13-14-4-6-17-13/h4,6,9,11H,2-3,5,7-8H2,1H3/t11-/m0/s1. The first-order chi connectivity index (χ1) is 8.81. The van der Waals surface area contributed by atoms with Crippen molar-refractivity contribution >= 4 is 22.7 Å². The predicted octanol–water partition coefficient (Wildman–Crippen LogP) is 3.29. The van der Waals surface area contributed by atoms with Gasteiger partial charge in [0.1, 0.15) is 0 Å². The molecule has 1 saturated heterocycles. The number of hydrogen-bond acceptors (Lipinski definition) is 5. The third-order valence-corrected chi connectivity index (χ3v) is 5.12. The molecule has 0 spiro atoms. The summed E-state index contributed by atoms with van der Waals surface area (Å²) in [5, 5.41) is 6.73. The number of hydrogen-bond donors (Lipinski definition) is 0. The van der Waals surface area contributed by atoms with Crippen molar-refractivity contribution in [1.82, 2.24) is 14.9 Å². The van der Waals surface area contributed by atoms with E-state index in [4.69, 9.17) is 0 Å². The van der Waals surface area contributed by atoms with Crippen molar-refractivity contribution in [2.45, 2.75) is 32.2 Å². The van der Waals surface area contributed by atoms with Crippen LogP contribution in [0.25, 0.3) is 0 Å². The summed E-state index contributed by atoms with van der Waals surface area (Å²) < 4.78 is 0. The Balaban J connectivity index is 1.63. The summed E-state index contributed by atoms with van der Waals surface area (Å²) in [6.07, 6.45) is 4.47. The summed E-state index contributed by atoms with van der Waals surface area (Å²) in [6, 6.07) is 0. The molecule has 0 amide bonds. The Morgan fingerprint density at radius 1 is 1.44 bits per heavy atom. The zero-order valence-corrected chi connectivity index (χ0v) is 12.1. The maximum atomic E-state index is 4.56. The Bertz CT molecular complexity index is 492. The number of piperidine rings is 1. The van der Waals surface area contributed by atoms with E-state index in [9.17, 15) is 0 Å². The highest BCUT2D eigenvalue weighted by Crippen LogP contribution is 2.28. The van der Waals surface area contributed by atoms with Gasteiger partial charge in [0.2, 0.25) is 0 Å². The van der Waals surface area contributed by atoms with E-state index >= 15 is 0 Å². The molecule has 0 aromatic carbocycles. The zero-order chi connectivity index (χ0) is 12.4. The Hall–Kier alpha value is -0.780. The molecule has 2 aromatic heterocycles. The normalized spacial score (nSPS) is 21.3. The van der Waals surface area contributed by atoms with Gasteiger partial charge < -0.3 is 0 Å². The minimum absolute atomic E-state index is 0.624. The van der Waals surface area contributed by atoms with Crippen molar-refractivity contribution in [1.29, 1.82) is 0 Å². The molecule has 0 N–H and O–H groups in total. The molecule has 5 heteroatoms. The topological polar surface area (TPSA) is 29.0 Å². The fraction of sp³-hybridized carbons (Fsp3) is 0.538. The summed E-state index contributed by atoms with van der Waals surface area (Å²) in [4.78, 5) is 11.5. The first kappa shape index (κ1) is 12.3. The molecule has 1 aliphatic rings. The largest absolute Gasteiger partial charge is 0.297 e. The fourth-order valence-electron chi connectivity index (χ4n) is 2.55. The first-order valence-corrected chi connectivity index (χ1v) is 8.10. The van der Waals surface area contributed by atoms with Gasteiger partial charge >= 0.3 is 0 Å². The summed E-state index contributed by atoms with van der Waals surface area (Å²) in [5.74, 6) is 0.624. The SMILES string of the molecule is Cc1nc(CN2CCC[C@H](c3nccs3)C2)cs1. The highest BCUT2D eigenvalue weighted by molar-refractivity contribution is 7.09. The number of nitrogens with zero attached hydrogens (tertiary/aromatic N) is 3. The smallest absolute Gasteiger partial charge is 0.0968 e. The summed E-state index contributed by atoms with van der Waals surface area (Å²) in [5.41, 5.74) is 1.22. The number of likely N-dealkylation sites (tertiary alicyclic amines) is 1. The van der Waals surface area contributed by atoms with E-state index in [1.54, 1.807) is 22.7 Å². The number of aromatic nitrogens is 2. The molecule has 2 aromatic rings. The van der Waals surface area contributed by atoms with Crippen molar-refractivity contribution in [3.05, 3.63) is 32.7 Å². The minimum atomic E-state index is 0.624. The lowest BCUT2D eigenvalue weighted by Crippen LogP contribution is -2.33. The monoisotopic (exact) mass is 279 g/mol. The Labute approximate surface area is 116 Å². The zero-order valence-electron chi connectivity index (χ0n) is 10.5. The van der Waals surface area contributed by atoms with E-state index in [0.717, 1.165) is 13.1 Å². The molecule has 3 heterocycles. The lowest BCUT2D eigenvalue weighted by atomic mass is 9.99. The van der Waals surface area contributed by atoms with Crippen LogP contribution in [0, 0.1) is 6.92 Å². The van der Waals surface area contributed by atoms with Crippen molar-refractivity contribution in [2.24, 2.45) is 0 Å². The van der Waals surface area contributed by atoms with Crippen molar-refractivity contribution in [3.63, 3.8) is 0 Å². The van der Waals surface area contributed by atoms with Crippen LogP contribution < -0.4 is 0 Å². The first-order valence-electron chi connectivity index (χ1n) is 6.34. The third kappa shape index (κ3) is 2.79. The molecule has 18 heavy (non-hydrogen) atoms. The highest BCUT2D eigenvalue weighted by atomic mass is 32.1. The number of aryl methyl sites for hydroxylation is 1. The molecule has 0 bridgehead atoms. The summed E-state index contributed by atoms with van der Waals surface area (Å²) in [6.45, 7) is 5.39. The third-order valence-electron chi connectivity index (χ3n) is 3.36. The van der Waals surface area contributed by atoms with E-state index in [-0.39, 0.29) is 0 Å². The maximum Gasteiger partial charge on any atom is 0.0968 e. The maximum absolute atomic E-state index is 4.56. The molecule has 1 fully saturated rings. The molecular weight excluding hydrogens is 262 g/mol. The van der Waals surface area contributed by atoms with Crippen molar-refractivity contribution < 1.29 is 0 Å². The van der Waals surface area contributed by atoms with E-state index in [2.05, 4.69) is 32.6 Å². The molecule has 96 valence electrons. The Morgan fingerprint density at radius 2 is 2.39 bits per heavy atom. The van der Waals surface area contributed by atoms with Crippen molar-refractivity contribution in [2.75, 3.05) is 13.1 Å². The predicted molar refractivity (Wildman–Crippen MR) is 76.2 cm³/mol. The van der Waals surface area contributed by atoms with E-state index in [1.165, 1.54) is 35.1 Å². The van der Waals surface area contributed by atoms with Gasteiger partial charge in [-0.05, 0) is 26.3 Å². The van der Waals surface area contributed by atoms with Crippen LogP contribution in [0.5, 0.6) is 0 Å². The second kappa shape index (κ2) is 5.47. The number of thiazole rings is 2. The Kier molecular flexibility index (Phi) is 3.72. The quantitative estimate of drug-likeness (QED) is 0.863. The molecule has 3 rings (SSSR count). The Morgan fingerprint density at radius 3 is 3.11 bits per heavy atom. The molecule has 3 nitrogen and oxygen atoms in total. The van der Waals surface area contributed by atoms with Gasteiger partial charge in [-0.15, -0.1) is 22.7 Å². The number of rotatable bonds is 3. The van der Waals surface area contributed by atoms with Crippen LogP contribution >= 0.6 is 22.7 Å². The van der Waals surface area contributed by atoms with Gasteiger partial charge in [0, 0.05) is 36.0 Å². The van der Waals surface area contributed by atoms with Gasteiger partial charge in [-0.25, -0.2) is 9.97 Å². The highest BCUT2D eigenvalue weighted by Gasteiger charge is 2.23. The van der Waals surface area contributed by atoms with Gasteiger partial charge in [0.25, 0.3) is 0 Å². The van der Waals surface area contributed by atoms with E-state index < -0.39 is 0 Å². The van der Waals surface area contributed by atoms with E-state index in [0.29, 0.717) is 5.92 Å². The van der Waals surface area contributed by atoms with Crippen LogP contribution in [0.1, 0.15) is 34.5 Å². The van der Waals surface area contributed by atoms with Crippen molar-refractivity contribution in [3.8, 4) is 0 Å². The van der Waals surface area contributed by atoms with E-state index in [1.807, 2.05) is 6.20 Å². The average Bonchev–Trinajstić information content (AvgIpc) is 3.01. The summed E-state index contributed by atoms with van der Waals surface area (Å²) in [7, 11) is 0. The van der Waals surface area contributed by atoms with Gasteiger partial charge in [-0.3, -0.25) is 4.90 Å². The summed E-state index contributed by atoms with van der Waals surface area (Å²) >= 11 is 3.53. The van der Waals surface area contributed by atoms with Gasteiger partial charge in [0.05, 0.1) is 15.7 Å². The molecular formula is C13H17N3S2. The molecule has 0 saturated carbocycles. The second-order valence-electron chi connectivity index (χ2n) is 4.80. The van der Waals surface area contributed by atoms with Crippen LogP contribution in [-0.2, 0) is 6.54 Å². The molecule has 1 aliphatic heterocycles. The van der Waals surface area contributed by atoms with Gasteiger partial charge in [-0.1, -0.05) is 0 Å². The second-order valence-corrected chi connectivity index (χ2v) is 6.79. The van der Waals surface area contributed by atoms with Gasteiger partial charge in [0.15, 0.2) is 0 Å². The van der Waals surface area contributed by atoms with Gasteiger partial charge in [-0.2, -0.15) is 0 Å². The van der Waals surface area contributed by atoms with Crippen LogP contribution in [0.2, 0.25) is 0 Å². The fourth-order valence-corrected chi connectivity index (χ4v) is 3.92. The van der Waals surface area contributed by atoms with Crippen LogP contribution in [-0.4, -0.2) is 28.0 Å². The van der Waals surface area contributed by atoms with Crippen LogP contribution in [0.15, 0.2) is 17.0 Å². The molecule has 1 atom stereocenters. The lowest BCUT2D eigenvalue weighted by Gasteiger charge is -2.31.